The molecule has 22 heavy (non-hydrogen) atoms. The van der Waals surface area contributed by atoms with Gasteiger partial charge in [0.05, 0.1) is 0 Å². The van der Waals surface area contributed by atoms with Gasteiger partial charge in [0, 0.05) is 50.1 Å². The van der Waals surface area contributed by atoms with E-state index in [-0.39, 0.29) is 0 Å². The Kier molecular flexibility index (Phi) is 3.40. The van der Waals surface area contributed by atoms with E-state index in [0.717, 1.165) is 23.8 Å². The lowest BCUT2D eigenvalue weighted by Crippen LogP contribution is -2.35. The lowest BCUT2D eigenvalue weighted by Gasteiger charge is -2.32. The maximum Gasteiger partial charge on any atom is 0.155 e. The minimum Gasteiger partial charge on any atom is -0.377 e. The highest BCUT2D eigenvalue weighted by Gasteiger charge is 2.37. The van der Waals surface area contributed by atoms with Gasteiger partial charge in [-0.25, -0.2) is 4.98 Å². The summed E-state index contributed by atoms with van der Waals surface area (Å²) in [6.45, 7) is 1.13. The zero-order valence-corrected chi connectivity index (χ0v) is 13.5. The lowest BCUT2D eigenvalue weighted by molar-refractivity contribution is 0.341. The third kappa shape index (κ3) is 2.13. The Morgan fingerprint density at radius 3 is 2.73 bits per heavy atom. The number of hydrogen-bond acceptors (Lipinski definition) is 4. The van der Waals surface area contributed by atoms with Crippen LogP contribution in [0.3, 0.4) is 0 Å². The van der Waals surface area contributed by atoms with Crippen LogP contribution in [0.4, 0.5) is 11.5 Å². The van der Waals surface area contributed by atoms with Crippen molar-refractivity contribution in [3.05, 3.63) is 24.5 Å². The maximum absolute atomic E-state index is 4.73. The smallest absolute Gasteiger partial charge is 0.155 e. The Labute approximate surface area is 132 Å². The van der Waals surface area contributed by atoms with Crippen molar-refractivity contribution >= 4 is 22.4 Å². The molecule has 0 spiro atoms. The van der Waals surface area contributed by atoms with E-state index in [2.05, 4.69) is 41.0 Å². The monoisotopic (exact) mass is 296 g/mol. The van der Waals surface area contributed by atoms with Crippen LogP contribution in [0.1, 0.15) is 32.1 Å². The SMILES string of the molecule is CN(C)c1ccnc2c(N3CCC4CCCCC43)nccc12. The Morgan fingerprint density at radius 1 is 1.05 bits per heavy atom. The van der Waals surface area contributed by atoms with Crippen LogP contribution < -0.4 is 9.80 Å². The first-order valence-electron chi connectivity index (χ1n) is 8.43. The minimum atomic E-state index is 0.677. The van der Waals surface area contributed by atoms with Gasteiger partial charge in [-0.2, -0.15) is 0 Å². The number of fused-ring (bicyclic) bond motifs is 2. The molecule has 4 heteroatoms. The van der Waals surface area contributed by atoms with Crippen molar-refractivity contribution < 1.29 is 0 Å². The van der Waals surface area contributed by atoms with Crippen molar-refractivity contribution in [2.75, 3.05) is 30.4 Å². The molecule has 4 rings (SSSR count). The summed E-state index contributed by atoms with van der Waals surface area (Å²) in [7, 11) is 4.17. The topological polar surface area (TPSA) is 32.3 Å². The van der Waals surface area contributed by atoms with Gasteiger partial charge in [-0.1, -0.05) is 12.8 Å². The third-order valence-corrected chi connectivity index (χ3v) is 5.38. The van der Waals surface area contributed by atoms with Gasteiger partial charge in [0.25, 0.3) is 0 Å². The normalized spacial score (nSPS) is 24.5. The second-order valence-electron chi connectivity index (χ2n) is 6.85. The van der Waals surface area contributed by atoms with E-state index in [1.54, 1.807) is 0 Å². The molecule has 116 valence electrons. The zero-order chi connectivity index (χ0) is 15.1. The van der Waals surface area contributed by atoms with Gasteiger partial charge in [-0.05, 0) is 37.3 Å². The van der Waals surface area contributed by atoms with Gasteiger partial charge < -0.3 is 9.80 Å². The molecule has 0 amide bonds. The molecule has 0 radical (unpaired) electrons. The van der Waals surface area contributed by atoms with Crippen LogP contribution >= 0.6 is 0 Å². The van der Waals surface area contributed by atoms with Crippen LogP contribution in [0.25, 0.3) is 10.9 Å². The quantitative estimate of drug-likeness (QED) is 0.849. The fourth-order valence-corrected chi connectivity index (χ4v) is 4.32. The highest BCUT2D eigenvalue weighted by molar-refractivity contribution is 5.97. The van der Waals surface area contributed by atoms with Gasteiger partial charge in [-0.3, -0.25) is 4.98 Å². The van der Waals surface area contributed by atoms with E-state index < -0.39 is 0 Å². The summed E-state index contributed by atoms with van der Waals surface area (Å²) in [6, 6.07) is 4.85. The van der Waals surface area contributed by atoms with Crippen LogP contribution in [0, 0.1) is 5.92 Å². The molecule has 1 aliphatic carbocycles. The summed E-state index contributed by atoms with van der Waals surface area (Å²) < 4.78 is 0. The summed E-state index contributed by atoms with van der Waals surface area (Å²) in [5, 5.41) is 1.21. The van der Waals surface area contributed by atoms with Crippen molar-refractivity contribution in [1.82, 2.24) is 9.97 Å². The number of anilines is 2. The van der Waals surface area contributed by atoms with E-state index in [1.165, 1.54) is 43.2 Å². The largest absolute Gasteiger partial charge is 0.377 e. The summed E-state index contributed by atoms with van der Waals surface area (Å²) in [4.78, 5) is 14.1. The lowest BCUT2D eigenvalue weighted by atomic mass is 9.85. The Morgan fingerprint density at radius 2 is 1.86 bits per heavy atom. The van der Waals surface area contributed by atoms with Gasteiger partial charge in [0.2, 0.25) is 0 Å². The highest BCUT2D eigenvalue weighted by Crippen LogP contribution is 2.40. The van der Waals surface area contributed by atoms with Crippen LogP contribution in [-0.4, -0.2) is 36.6 Å². The summed E-state index contributed by atoms with van der Waals surface area (Å²) in [6.07, 6.45) is 10.6. The van der Waals surface area contributed by atoms with Crippen LogP contribution in [0.15, 0.2) is 24.5 Å². The molecule has 2 aromatic heterocycles. The molecule has 0 bridgehead atoms. The summed E-state index contributed by atoms with van der Waals surface area (Å²) in [5.41, 5.74) is 2.27. The molecular weight excluding hydrogens is 272 g/mol. The molecule has 2 atom stereocenters. The van der Waals surface area contributed by atoms with Gasteiger partial charge in [0.1, 0.15) is 5.52 Å². The maximum atomic E-state index is 4.73. The fraction of sp³-hybridized carbons (Fsp3) is 0.556. The molecule has 0 aromatic carbocycles. The summed E-state index contributed by atoms with van der Waals surface area (Å²) in [5.74, 6) is 1.96. The Balaban J connectivity index is 1.80. The predicted octanol–water partition coefficient (Wildman–Crippen LogP) is 3.46. The second kappa shape index (κ2) is 5.41. The van der Waals surface area contributed by atoms with Gasteiger partial charge in [0.15, 0.2) is 5.82 Å². The standard InChI is InChI=1S/C18H24N4/c1-21(2)16-8-11-19-17-14(16)7-10-20-18(17)22-12-9-13-5-3-4-6-15(13)22/h7-8,10-11,13,15H,3-6,9,12H2,1-2H3. The Bertz CT molecular complexity index is 682. The van der Waals surface area contributed by atoms with Crippen LogP contribution in [0.2, 0.25) is 0 Å². The third-order valence-electron chi connectivity index (χ3n) is 5.38. The number of pyridine rings is 2. The number of nitrogens with zero attached hydrogens (tertiary/aromatic N) is 4. The molecule has 2 aliphatic rings. The van der Waals surface area contributed by atoms with Gasteiger partial charge in [-0.15, -0.1) is 0 Å². The van der Waals surface area contributed by atoms with Crippen LogP contribution in [0.5, 0.6) is 0 Å². The van der Waals surface area contributed by atoms with Gasteiger partial charge >= 0.3 is 0 Å². The molecule has 2 unspecified atom stereocenters. The number of rotatable bonds is 2. The van der Waals surface area contributed by atoms with E-state index in [1.807, 2.05) is 12.4 Å². The highest BCUT2D eigenvalue weighted by atomic mass is 15.2. The van der Waals surface area contributed by atoms with Crippen molar-refractivity contribution in [2.24, 2.45) is 5.92 Å². The van der Waals surface area contributed by atoms with Crippen molar-refractivity contribution in [3.8, 4) is 0 Å². The second-order valence-corrected chi connectivity index (χ2v) is 6.85. The minimum absolute atomic E-state index is 0.677. The molecule has 1 saturated carbocycles. The fourth-order valence-electron chi connectivity index (χ4n) is 4.32. The Hall–Kier alpha value is -1.84. The van der Waals surface area contributed by atoms with Crippen molar-refractivity contribution in [1.29, 1.82) is 0 Å². The average molecular weight is 296 g/mol. The van der Waals surface area contributed by atoms with E-state index in [4.69, 9.17) is 4.98 Å². The molecule has 0 N–H and O–H groups in total. The molecular formula is C18H24N4. The molecule has 1 saturated heterocycles. The van der Waals surface area contributed by atoms with E-state index in [9.17, 15) is 0 Å². The number of hydrogen-bond donors (Lipinski definition) is 0. The molecule has 2 aromatic rings. The van der Waals surface area contributed by atoms with Crippen molar-refractivity contribution in [3.63, 3.8) is 0 Å². The number of aromatic nitrogens is 2. The molecule has 1 aliphatic heterocycles. The first-order valence-corrected chi connectivity index (χ1v) is 8.43. The zero-order valence-electron chi connectivity index (χ0n) is 13.5. The summed E-state index contributed by atoms with van der Waals surface area (Å²) >= 11 is 0. The van der Waals surface area contributed by atoms with E-state index in [0.29, 0.717) is 6.04 Å². The van der Waals surface area contributed by atoms with E-state index >= 15 is 0 Å². The van der Waals surface area contributed by atoms with Crippen LogP contribution in [-0.2, 0) is 0 Å². The molecule has 3 heterocycles. The predicted molar refractivity (Wildman–Crippen MR) is 91.6 cm³/mol. The molecule has 4 nitrogen and oxygen atoms in total. The molecule has 2 fully saturated rings. The first-order chi connectivity index (χ1) is 10.8. The average Bonchev–Trinajstić information content (AvgIpc) is 2.97. The van der Waals surface area contributed by atoms with Crippen molar-refractivity contribution in [2.45, 2.75) is 38.1 Å². The first kappa shape index (κ1) is 13.8.